The van der Waals surface area contributed by atoms with E-state index in [1.807, 2.05) is 18.2 Å². The summed E-state index contributed by atoms with van der Waals surface area (Å²) in [6.45, 7) is 4.37. The molecule has 4 aromatic rings. The van der Waals surface area contributed by atoms with Gasteiger partial charge < -0.3 is 14.0 Å². The summed E-state index contributed by atoms with van der Waals surface area (Å²) in [6.07, 6.45) is 2.18. The first-order valence-electron chi connectivity index (χ1n) is 12.0. The number of amides is 1. The lowest BCUT2D eigenvalue weighted by molar-refractivity contribution is -0.119. The molecule has 5 rings (SSSR count). The van der Waals surface area contributed by atoms with Gasteiger partial charge in [-0.3, -0.25) is 28.5 Å². The van der Waals surface area contributed by atoms with Gasteiger partial charge in [0.05, 0.1) is 36.9 Å². The van der Waals surface area contributed by atoms with Crippen molar-refractivity contribution >= 4 is 43.8 Å². The van der Waals surface area contributed by atoms with Gasteiger partial charge >= 0.3 is 5.69 Å². The average Bonchev–Trinajstić information content (AvgIpc) is 3.53. The maximum absolute atomic E-state index is 13.7. The molecule has 1 aliphatic heterocycles. The molecule has 1 aromatic carbocycles. The van der Waals surface area contributed by atoms with Crippen LogP contribution in [-0.2, 0) is 30.2 Å². The predicted octanol–water partition coefficient (Wildman–Crippen LogP) is 0.808. The minimum Gasteiger partial charge on any atom is -0.497 e. The maximum atomic E-state index is 13.7. The van der Waals surface area contributed by atoms with Crippen molar-refractivity contribution < 1.29 is 14.3 Å². The fraction of sp³-hybridized carbons (Fsp3) is 0.458. The molecule has 1 saturated heterocycles. The zero-order valence-electron chi connectivity index (χ0n) is 21.0. The molecule has 0 spiro atoms. The quantitative estimate of drug-likeness (QED) is 0.331. The highest BCUT2D eigenvalue weighted by Crippen LogP contribution is 2.32. The number of ether oxygens (including phenoxy) is 2. The molecule has 13 heteroatoms. The van der Waals surface area contributed by atoms with Gasteiger partial charge in [-0.05, 0) is 24.6 Å². The van der Waals surface area contributed by atoms with Crippen molar-refractivity contribution in [2.24, 2.45) is 14.1 Å². The van der Waals surface area contributed by atoms with Crippen molar-refractivity contribution in [1.29, 1.82) is 0 Å². The molecule has 1 fully saturated rings. The number of carbonyl (C=O) groups is 1. The summed E-state index contributed by atoms with van der Waals surface area (Å²) >= 11 is 1.42. The summed E-state index contributed by atoms with van der Waals surface area (Å²) in [6, 6.07) is 5.62. The molecule has 0 unspecified atom stereocenters. The summed E-state index contributed by atoms with van der Waals surface area (Å²) in [7, 11) is 4.58. The van der Waals surface area contributed by atoms with Gasteiger partial charge in [-0.25, -0.2) is 14.8 Å². The second-order valence-electron chi connectivity index (χ2n) is 8.93. The highest BCUT2D eigenvalue weighted by atomic mass is 32.1. The Morgan fingerprint density at radius 1 is 1.19 bits per heavy atom. The normalized spacial score (nSPS) is 14.5. The van der Waals surface area contributed by atoms with Crippen LogP contribution in [0.5, 0.6) is 5.75 Å². The molecule has 0 aliphatic carbocycles. The zero-order chi connectivity index (χ0) is 26.1. The maximum Gasteiger partial charge on any atom is 0.332 e. The minimum absolute atomic E-state index is 0.110. The van der Waals surface area contributed by atoms with Crippen molar-refractivity contribution in [3.63, 3.8) is 0 Å². The van der Waals surface area contributed by atoms with Crippen molar-refractivity contribution in [2.45, 2.75) is 13.0 Å². The van der Waals surface area contributed by atoms with Crippen molar-refractivity contribution in [3.05, 3.63) is 45.4 Å². The van der Waals surface area contributed by atoms with Crippen LogP contribution in [0.2, 0.25) is 0 Å². The van der Waals surface area contributed by atoms with Crippen LogP contribution in [0, 0.1) is 0 Å². The Labute approximate surface area is 216 Å². The summed E-state index contributed by atoms with van der Waals surface area (Å²) in [5.74, 6) is 0.502. The Hall–Kier alpha value is -3.55. The van der Waals surface area contributed by atoms with Gasteiger partial charge in [-0.1, -0.05) is 11.3 Å². The highest BCUT2D eigenvalue weighted by Gasteiger charge is 2.23. The Morgan fingerprint density at radius 2 is 1.97 bits per heavy atom. The van der Waals surface area contributed by atoms with Gasteiger partial charge in [0.2, 0.25) is 5.91 Å². The lowest BCUT2D eigenvalue weighted by Crippen LogP contribution is -2.40. The molecule has 0 radical (unpaired) electrons. The summed E-state index contributed by atoms with van der Waals surface area (Å²) in [4.78, 5) is 51.8. The van der Waals surface area contributed by atoms with Crippen LogP contribution in [0.25, 0.3) is 21.4 Å². The van der Waals surface area contributed by atoms with Gasteiger partial charge in [0.15, 0.2) is 16.3 Å². The highest BCUT2D eigenvalue weighted by molar-refractivity contribution is 7.22. The largest absolute Gasteiger partial charge is 0.497 e. The number of fused-ring (bicyclic) bond motifs is 2. The van der Waals surface area contributed by atoms with Crippen molar-refractivity contribution in [3.8, 4) is 5.75 Å². The van der Waals surface area contributed by atoms with Gasteiger partial charge in [-0.2, -0.15) is 0 Å². The number of thiazole rings is 1. The molecule has 1 amide bonds. The molecule has 4 heterocycles. The second kappa shape index (κ2) is 10.4. The first-order chi connectivity index (χ1) is 17.9. The van der Waals surface area contributed by atoms with Crippen LogP contribution in [0.4, 0.5) is 5.13 Å². The molecule has 37 heavy (non-hydrogen) atoms. The lowest BCUT2D eigenvalue weighted by atomic mass is 10.3. The number of imidazole rings is 1. The molecular weight excluding hydrogens is 498 g/mol. The van der Waals surface area contributed by atoms with E-state index in [0.717, 1.165) is 46.6 Å². The van der Waals surface area contributed by atoms with E-state index < -0.39 is 11.2 Å². The fourth-order valence-corrected chi connectivity index (χ4v) is 5.52. The van der Waals surface area contributed by atoms with Crippen LogP contribution in [0.15, 0.2) is 34.1 Å². The monoisotopic (exact) mass is 527 g/mol. The second-order valence-corrected chi connectivity index (χ2v) is 9.94. The summed E-state index contributed by atoms with van der Waals surface area (Å²) in [5.41, 5.74) is 0.272. The van der Waals surface area contributed by atoms with E-state index in [4.69, 9.17) is 14.5 Å². The number of anilines is 1. The minimum atomic E-state index is -0.491. The fourth-order valence-electron chi connectivity index (χ4n) is 4.49. The smallest absolute Gasteiger partial charge is 0.332 e. The van der Waals surface area contributed by atoms with E-state index in [1.54, 1.807) is 19.1 Å². The number of morpholine rings is 1. The molecular formula is C24H29N7O5S. The number of hydrogen-bond acceptors (Lipinski definition) is 9. The number of hydrogen-bond donors (Lipinski definition) is 0. The number of rotatable bonds is 8. The Bertz CT molecular complexity index is 1560. The molecule has 196 valence electrons. The number of methoxy groups -OCH3 is 1. The summed E-state index contributed by atoms with van der Waals surface area (Å²) in [5, 5.41) is 0.583. The third-order valence-electron chi connectivity index (χ3n) is 6.60. The van der Waals surface area contributed by atoms with Gasteiger partial charge in [0.25, 0.3) is 5.56 Å². The van der Waals surface area contributed by atoms with E-state index in [0.29, 0.717) is 24.9 Å². The van der Waals surface area contributed by atoms with E-state index in [1.165, 1.54) is 33.8 Å². The lowest BCUT2D eigenvalue weighted by Gasteiger charge is -2.27. The molecule has 0 saturated carbocycles. The molecule has 3 aromatic heterocycles. The number of nitrogens with zero attached hydrogens (tertiary/aromatic N) is 7. The van der Waals surface area contributed by atoms with Crippen LogP contribution in [0.1, 0.15) is 6.42 Å². The molecule has 1 aliphatic rings. The van der Waals surface area contributed by atoms with Crippen molar-refractivity contribution in [1.82, 2.24) is 28.6 Å². The molecule has 12 nitrogen and oxygen atoms in total. The first-order valence-corrected chi connectivity index (χ1v) is 12.8. The molecule has 0 bridgehead atoms. The number of aromatic nitrogens is 5. The van der Waals surface area contributed by atoms with Crippen LogP contribution in [-0.4, -0.2) is 81.0 Å². The Kier molecular flexibility index (Phi) is 7.09. The van der Waals surface area contributed by atoms with E-state index in [9.17, 15) is 14.4 Å². The average molecular weight is 528 g/mol. The standard InChI is InChI=1S/C24H29N7O5S/c1-27-21-20(22(33)28(2)24(27)34)30(15-25-21)14-19(32)31(8-4-7-29-9-11-36-12-10-29)23-26-17-6-5-16(35-3)13-18(17)37-23/h5-6,13,15H,4,7-12,14H2,1-3H3. The number of carbonyl (C=O) groups excluding carboxylic acids is 1. The number of benzene rings is 1. The van der Waals surface area contributed by atoms with Gasteiger partial charge in [0, 0.05) is 40.3 Å². The SMILES string of the molecule is COc1ccc2nc(N(CCCN3CCOCC3)C(=O)Cn3cnc4c3c(=O)n(C)c(=O)n4C)sc2c1. The zero-order valence-corrected chi connectivity index (χ0v) is 21.9. The predicted molar refractivity (Wildman–Crippen MR) is 141 cm³/mol. The van der Waals surface area contributed by atoms with Crippen molar-refractivity contribution in [2.75, 3.05) is 51.4 Å². The number of aryl methyl sites for hydroxylation is 1. The van der Waals surface area contributed by atoms with E-state index in [2.05, 4.69) is 9.88 Å². The van der Waals surface area contributed by atoms with E-state index >= 15 is 0 Å². The van der Waals surface area contributed by atoms with Crippen LogP contribution in [0.3, 0.4) is 0 Å². The van der Waals surface area contributed by atoms with Crippen LogP contribution < -0.4 is 20.9 Å². The molecule has 0 atom stereocenters. The van der Waals surface area contributed by atoms with Gasteiger partial charge in [-0.15, -0.1) is 0 Å². The third kappa shape index (κ3) is 4.89. The third-order valence-corrected chi connectivity index (χ3v) is 7.64. The first kappa shape index (κ1) is 25.1. The van der Waals surface area contributed by atoms with Crippen LogP contribution >= 0.6 is 11.3 Å². The summed E-state index contributed by atoms with van der Waals surface area (Å²) < 4.78 is 15.5. The Balaban J connectivity index is 1.45. The van der Waals surface area contributed by atoms with Gasteiger partial charge in [0.1, 0.15) is 12.3 Å². The van der Waals surface area contributed by atoms with E-state index in [-0.39, 0.29) is 23.6 Å². The topological polar surface area (TPSA) is 117 Å². The Morgan fingerprint density at radius 3 is 2.73 bits per heavy atom. The molecule has 0 N–H and O–H groups in total.